The minimum absolute atomic E-state index is 0.00508. The summed E-state index contributed by atoms with van der Waals surface area (Å²) in [6.45, 7) is 1.20. The van der Waals surface area contributed by atoms with Crippen molar-refractivity contribution in [1.29, 1.82) is 0 Å². The largest absolute Gasteiger partial charge is 0.465 e. The van der Waals surface area contributed by atoms with E-state index in [1.54, 1.807) is 0 Å². The topological polar surface area (TPSA) is 93.1 Å². The third kappa shape index (κ3) is 43.4. The number of hydrogen-bond donors (Lipinski definition) is 2. The van der Waals surface area contributed by atoms with Gasteiger partial charge in [-0.25, -0.2) is 0 Å². The Balaban J connectivity index is 1.68. The molecule has 0 radical (unpaired) electrons. The van der Waals surface area contributed by atoms with Crippen LogP contribution in [-0.2, 0) is 19.1 Å². The molecule has 1 heterocycles. The molecule has 6 nitrogen and oxygen atoms in total. The maximum atomic E-state index is 12.5. The monoisotopic (exact) mass is 959 g/mol. The molecule has 1 rings (SSSR count). The lowest BCUT2D eigenvalue weighted by molar-refractivity contribution is -0.155. The van der Waals surface area contributed by atoms with Crippen LogP contribution in [0.1, 0.15) is 334 Å². The number of aliphatic hydroxyl groups excluding tert-OH is 2. The zero-order chi connectivity index (χ0) is 49.0. The van der Waals surface area contributed by atoms with Crippen molar-refractivity contribution in [2.45, 2.75) is 334 Å². The van der Waals surface area contributed by atoms with Gasteiger partial charge in [0.05, 0.1) is 31.0 Å². The number of unbranched alkanes of at least 4 members (excludes halogenated alkanes) is 47. The highest BCUT2D eigenvalue weighted by Crippen LogP contribution is 2.25. The Labute approximate surface area is 423 Å². The molecule has 0 amide bonds. The van der Waals surface area contributed by atoms with Crippen LogP contribution < -0.4 is 0 Å². The van der Waals surface area contributed by atoms with E-state index in [0.29, 0.717) is 6.42 Å². The second-order valence-corrected chi connectivity index (χ2v) is 22.1. The molecule has 1 fully saturated rings. The molecule has 0 bridgehead atoms. The normalized spacial score (nSPS) is 15.4. The van der Waals surface area contributed by atoms with Crippen LogP contribution >= 0.6 is 0 Å². The number of hydrogen-bond acceptors (Lipinski definition) is 6. The lowest BCUT2D eigenvalue weighted by Crippen LogP contribution is -2.40. The fraction of sp³-hybridized carbons (Fsp3) is 0.935. The molecule has 68 heavy (non-hydrogen) atoms. The molecule has 0 aromatic heterocycles. The van der Waals surface area contributed by atoms with Gasteiger partial charge in [-0.15, -0.1) is 0 Å². The molecule has 1 aliphatic heterocycles. The van der Waals surface area contributed by atoms with Crippen LogP contribution in [0.4, 0.5) is 0 Å². The van der Waals surface area contributed by atoms with E-state index in [2.05, 4.69) is 19.1 Å². The molecule has 0 aliphatic carbocycles. The Hall–Kier alpha value is -1.40. The maximum absolute atomic E-state index is 12.5. The molecule has 402 valence electrons. The van der Waals surface area contributed by atoms with Gasteiger partial charge < -0.3 is 19.7 Å². The Morgan fingerprint density at radius 2 is 0.632 bits per heavy atom. The summed E-state index contributed by atoms with van der Waals surface area (Å²) in [5.74, 6) is -1.40. The van der Waals surface area contributed by atoms with Gasteiger partial charge >= 0.3 is 11.9 Å². The fourth-order valence-corrected chi connectivity index (χ4v) is 10.2. The van der Waals surface area contributed by atoms with Gasteiger partial charge in [0.15, 0.2) is 0 Å². The first-order chi connectivity index (χ1) is 33.6. The van der Waals surface area contributed by atoms with Crippen molar-refractivity contribution in [3.63, 3.8) is 0 Å². The van der Waals surface area contributed by atoms with Crippen molar-refractivity contribution in [2.24, 2.45) is 11.3 Å². The molecule has 1 atom stereocenters. The Morgan fingerprint density at radius 1 is 0.382 bits per heavy atom. The van der Waals surface area contributed by atoms with Crippen molar-refractivity contribution in [3.05, 3.63) is 12.2 Å². The van der Waals surface area contributed by atoms with E-state index in [-0.39, 0.29) is 19.6 Å². The van der Waals surface area contributed by atoms with Crippen LogP contribution in [0.15, 0.2) is 12.2 Å². The van der Waals surface area contributed by atoms with Gasteiger partial charge in [0.2, 0.25) is 0 Å². The number of allylic oxidation sites excluding steroid dienone is 2. The SMILES string of the molecule is CCCCCCCCC/C=C/CCCCCCCCCCCCCCCCCCCCCCCCCCCCCCCCCCCCCCCCCCC1CC(=O)OCC(CO)(CO)COC1=O. The Morgan fingerprint density at radius 3 is 0.912 bits per heavy atom. The predicted octanol–water partition coefficient (Wildman–Crippen LogP) is 19.1. The summed E-state index contributed by atoms with van der Waals surface area (Å²) in [6.07, 6.45) is 74.2. The zero-order valence-electron chi connectivity index (χ0n) is 45.7. The predicted molar refractivity (Wildman–Crippen MR) is 292 cm³/mol. The number of rotatable bonds is 53. The van der Waals surface area contributed by atoms with Crippen LogP contribution in [0, 0.1) is 11.3 Å². The van der Waals surface area contributed by atoms with Crippen LogP contribution in [0.25, 0.3) is 0 Å². The van der Waals surface area contributed by atoms with Crippen LogP contribution in [0.5, 0.6) is 0 Å². The Bertz CT molecular complexity index is 1070. The summed E-state index contributed by atoms with van der Waals surface area (Å²) < 4.78 is 10.6. The molecule has 2 N–H and O–H groups in total. The lowest BCUT2D eigenvalue weighted by Gasteiger charge is -2.27. The molecule has 0 saturated carbocycles. The first-order valence-corrected chi connectivity index (χ1v) is 30.8. The third-order valence-corrected chi connectivity index (χ3v) is 15.3. The van der Waals surface area contributed by atoms with E-state index >= 15 is 0 Å². The Kier molecular flexibility index (Phi) is 49.4. The maximum Gasteiger partial charge on any atom is 0.309 e. The highest BCUT2D eigenvalue weighted by molar-refractivity contribution is 5.80. The summed E-state index contributed by atoms with van der Waals surface area (Å²) in [7, 11) is 0. The highest BCUT2D eigenvalue weighted by atomic mass is 16.6. The number of ether oxygens (including phenoxy) is 2. The van der Waals surface area contributed by atoms with Gasteiger partial charge in [-0.2, -0.15) is 0 Å². The van der Waals surface area contributed by atoms with Crippen LogP contribution in [-0.4, -0.2) is 48.6 Å². The van der Waals surface area contributed by atoms with E-state index in [9.17, 15) is 19.8 Å². The van der Waals surface area contributed by atoms with Crippen molar-refractivity contribution in [1.82, 2.24) is 0 Å². The minimum atomic E-state index is -1.12. The summed E-state index contributed by atoms with van der Waals surface area (Å²) in [5.41, 5.74) is -1.12. The molecule has 0 aromatic carbocycles. The number of carbonyl (C=O) groups excluding carboxylic acids is 2. The van der Waals surface area contributed by atoms with Crippen molar-refractivity contribution in [3.8, 4) is 0 Å². The van der Waals surface area contributed by atoms with Crippen LogP contribution in [0.2, 0.25) is 0 Å². The second kappa shape index (κ2) is 51.9. The average molecular weight is 960 g/mol. The molecule has 1 saturated heterocycles. The fourth-order valence-electron chi connectivity index (χ4n) is 10.2. The van der Waals surface area contributed by atoms with Gasteiger partial charge in [0, 0.05) is 0 Å². The third-order valence-electron chi connectivity index (χ3n) is 15.3. The smallest absolute Gasteiger partial charge is 0.309 e. The number of cyclic esters (lactones) is 2. The highest BCUT2D eigenvalue weighted by Gasteiger charge is 2.36. The zero-order valence-corrected chi connectivity index (χ0v) is 45.7. The van der Waals surface area contributed by atoms with Gasteiger partial charge in [-0.05, 0) is 32.1 Å². The van der Waals surface area contributed by atoms with E-state index in [1.165, 1.54) is 295 Å². The number of aliphatic hydroxyl groups is 2. The van der Waals surface area contributed by atoms with Gasteiger partial charge in [-0.1, -0.05) is 308 Å². The second-order valence-electron chi connectivity index (χ2n) is 22.1. The molecular weight excluding hydrogens is 841 g/mol. The molecule has 0 spiro atoms. The van der Waals surface area contributed by atoms with Crippen molar-refractivity contribution in [2.75, 3.05) is 26.4 Å². The number of esters is 2. The molecular formula is C62H118O6. The average Bonchev–Trinajstić information content (AvgIpc) is 3.40. The quantitative estimate of drug-likeness (QED) is 0.0358. The van der Waals surface area contributed by atoms with Crippen molar-refractivity contribution < 1.29 is 29.3 Å². The molecule has 6 heteroatoms. The lowest BCUT2D eigenvalue weighted by atomic mass is 9.92. The van der Waals surface area contributed by atoms with E-state index in [4.69, 9.17) is 9.47 Å². The van der Waals surface area contributed by atoms with E-state index < -0.39 is 36.5 Å². The molecule has 1 unspecified atom stereocenters. The first kappa shape index (κ1) is 64.6. The van der Waals surface area contributed by atoms with Crippen LogP contribution in [0.3, 0.4) is 0 Å². The van der Waals surface area contributed by atoms with E-state index in [0.717, 1.165) is 19.3 Å². The number of carbonyl (C=O) groups is 2. The summed E-state index contributed by atoms with van der Waals surface area (Å²) in [5, 5.41) is 19.2. The van der Waals surface area contributed by atoms with Crippen molar-refractivity contribution >= 4 is 11.9 Å². The minimum Gasteiger partial charge on any atom is -0.465 e. The summed E-state index contributed by atoms with van der Waals surface area (Å²) in [6, 6.07) is 0. The first-order valence-electron chi connectivity index (χ1n) is 30.8. The molecule has 1 aliphatic rings. The standard InChI is InChI=1S/C62H118O6/c1-2-3-4-5-6-7-8-9-10-11-12-13-14-15-16-17-18-19-20-21-22-23-24-25-26-27-28-29-30-31-32-33-34-35-36-37-38-39-40-41-42-43-44-45-46-47-48-49-50-51-52-53-59-54-60(65)67-57-62(55-63,56-64)58-68-61(59)66/h10-11,59,63-64H,2-9,12-58H2,1H3/b11-10+. The summed E-state index contributed by atoms with van der Waals surface area (Å²) in [4.78, 5) is 24.7. The molecule has 0 aromatic rings. The van der Waals surface area contributed by atoms with E-state index in [1.807, 2.05) is 0 Å². The van der Waals surface area contributed by atoms with Gasteiger partial charge in [0.25, 0.3) is 0 Å². The van der Waals surface area contributed by atoms with Gasteiger partial charge in [-0.3, -0.25) is 9.59 Å². The summed E-state index contributed by atoms with van der Waals surface area (Å²) >= 11 is 0. The van der Waals surface area contributed by atoms with Gasteiger partial charge in [0.1, 0.15) is 13.2 Å².